The Morgan fingerprint density at radius 1 is 1.54 bits per heavy atom. The highest BCUT2D eigenvalue weighted by molar-refractivity contribution is 5.85. The molecule has 0 aromatic heterocycles. The van der Waals surface area contributed by atoms with E-state index in [0.717, 1.165) is 12.1 Å². The molecule has 0 spiro atoms. The van der Waals surface area contributed by atoms with Gasteiger partial charge in [-0.25, -0.2) is 0 Å². The van der Waals surface area contributed by atoms with Crippen LogP contribution in [0, 0.1) is 0 Å². The summed E-state index contributed by atoms with van der Waals surface area (Å²) in [7, 11) is 0. The van der Waals surface area contributed by atoms with Crippen LogP contribution in [0.1, 0.15) is 18.1 Å². The SMILES string of the molecule is CC(=O)Oc1ccc2c(c1)C=NC2. The predicted molar refractivity (Wildman–Crippen MR) is 49.0 cm³/mol. The van der Waals surface area contributed by atoms with E-state index in [-0.39, 0.29) is 5.97 Å². The van der Waals surface area contributed by atoms with Crippen molar-refractivity contribution in [1.29, 1.82) is 0 Å². The van der Waals surface area contributed by atoms with Crippen molar-refractivity contribution in [2.24, 2.45) is 4.99 Å². The molecule has 0 N–H and O–H groups in total. The Bertz CT molecular complexity index is 383. The highest BCUT2D eigenvalue weighted by Gasteiger charge is 2.07. The van der Waals surface area contributed by atoms with E-state index < -0.39 is 0 Å². The molecule has 1 aromatic carbocycles. The van der Waals surface area contributed by atoms with E-state index in [4.69, 9.17) is 4.74 Å². The van der Waals surface area contributed by atoms with Crippen molar-refractivity contribution in [2.75, 3.05) is 0 Å². The minimum atomic E-state index is -0.296. The van der Waals surface area contributed by atoms with Crippen LogP contribution in [0.4, 0.5) is 0 Å². The summed E-state index contributed by atoms with van der Waals surface area (Å²) in [6, 6.07) is 5.54. The zero-order valence-electron chi connectivity index (χ0n) is 7.28. The lowest BCUT2D eigenvalue weighted by Gasteiger charge is -2.02. The van der Waals surface area contributed by atoms with Gasteiger partial charge in [0.15, 0.2) is 0 Å². The van der Waals surface area contributed by atoms with E-state index in [1.165, 1.54) is 12.5 Å². The maximum absolute atomic E-state index is 10.7. The van der Waals surface area contributed by atoms with Crippen molar-refractivity contribution < 1.29 is 9.53 Å². The topological polar surface area (TPSA) is 38.7 Å². The highest BCUT2D eigenvalue weighted by atomic mass is 16.5. The third-order valence-corrected chi connectivity index (χ3v) is 1.87. The van der Waals surface area contributed by atoms with Crippen LogP contribution in [0.2, 0.25) is 0 Å². The Hall–Kier alpha value is -1.64. The number of ether oxygens (including phenoxy) is 1. The van der Waals surface area contributed by atoms with Crippen molar-refractivity contribution in [1.82, 2.24) is 0 Å². The summed E-state index contributed by atoms with van der Waals surface area (Å²) in [5, 5.41) is 0. The number of carbonyl (C=O) groups excluding carboxylic acids is 1. The minimum Gasteiger partial charge on any atom is -0.427 e. The smallest absolute Gasteiger partial charge is 0.308 e. The van der Waals surface area contributed by atoms with E-state index in [9.17, 15) is 4.79 Å². The fourth-order valence-electron chi connectivity index (χ4n) is 1.31. The summed E-state index contributed by atoms with van der Waals surface area (Å²) in [6.45, 7) is 2.12. The molecular formula is C10H9NO2. The van der Waals surface area contributed by atoms with Crippen LogP contribution >= 0.6 is 0 Å². The third kappa shape index (κ3) is 1.59. The summed E-state index contributed by atoms with van der Waals surface area (Å²) < 4.78 is 4.94. The Morgan fingerprint density at radius 2 is 2.38 bits per heavy atom. The monoisotopic (exact) mass is 175 g/mol. The lowest BCUT2D eigenvalue weighted by Crippen LogP contribution is -2.01. The average Bonchev–Trinajstić information content (AvgIpc) is 2.49. The molecule has 3 heteroatoms. The zero-order valence-corrected chi connectivity index (χ0v) is 7.28. The fraction of sp³-hybridized carbons (Fsp3) is 0.200. The zero-order chi connectivity index (χ0) is 9.26. The standard InChI is InChI=1S/C10H9NO2/c1-7(12)13-10-3-2-8-5-11-6-9(8)4-10/h2-4,6H,5H2,1H3. The molecule has 0 saturated heterocycles. The molecule has 3 nitrogen and oxygen atoms in total. The van der Waals surface area contributed by atoms with Crippen LogP contribution in [0.15, 0.2) is 23.2 Å². The van der Waals surface area contributed by atoms with Gasteiger partial charge in [0.2, 0.25) is 0 Å². The highest BCUT2D eigenvalue weighted by Crippen LogP contribution is 2.20. The molecule has 2 rings (SSSR count). The maximum Gasteiger partial charge on any atom is 0.308 e. The molecule has 0 radical (unpaired) electrons. The molecule has 1 aliphatic heterocycles. The molecular weight excluding hydrogens is 166 g/mol. The number of esters is 1. The van der Waals surface area contributed by atoms with Crippen molar-refractivity contribution in [3.8, 4) is 5.75 Å². The van der Waals surface area contributed by atoms with Crippen molar-refractivity contribution >= 4 is 12.2 Å². The van der Waals surface area contributed by atoms with E-state index >= 15 is 0 Å². The summed E-state index contributed by atoms with van der Waals surface area (Å²) in [5.74, 6) is 0.287. The van der Waals surface area contributed by atoms with Gasteiger partial charge in [0.25, 0.3) is 0 Å². The molecule has 0 fully saturated rings. The molecule has 1 aromatic rings. The van der Waals surface area contributed by atoms with Gasteiger partial charge >= 0.3 is 5.97 Å². The molecule has 1 aliphatic rings. The second-order valence-electron chi connectivity index (χ2n) is 2.92. The van der Waals surface area contributed by atoms with Crippen LogP contribution in [0.3, 0.4) is 0 Å². The van der Waals surface area contributed by atoms with E-state index in [1.807, 2.05) is 12.1 Å². The van der Waals surface area contributed by atoms with E-state index in [2.05, 4.69) is 4.99 Å². The van der Waals surface area contributed by atoms with Gasteiger partial charge in [0.1, 0.15) is 5.75 Å². The molecule has 0 bridgehead atoms. The summed E-state index contributed by atoms with van der Waals surface area (Å²) in [6.07, 6.45) is 1.79. The Morgan fingerprint density at radius 3 is 3.15 bits per heavy atom. The van der Waals surface area contributed by atoms with Gasteiger partial charge < -0.3 is 4.74 Å². The van der Waals surface area contributed by atoms with E-state index in [0.29, 0.717) is 5.75 Å². The van der Waals surface area contributed by atoms with Gasteiger partial charge in [-0.2, -0.15) is 0 Å². The Labute approximate surface area is 76.1 Å². The van der Waals surface area contributed by atoms with Crippen LogP contribution in [0.25, 0.3) is 0 Å². The average molecular weight is 175 g/mol. The van der Waals surface area contributed by atoms with Crippen LogP contribution in [-0.4, -0.2) is 12.2 Å². The number of fused-ring (bicyclic) bond motifs is 1. The number of aliphatic imine (C=N–C) groups is 1. The second kappa shape index (κ2) is 3.01. The first-order valence-electron chi connectivity index (χ1n) is 4.07. The maximum atomic E-state index is 10.7. The van der Waals surface area contributed by atoms with Crippen molar-refractivity contribution in [2.45, 2.75) is 13.5 Å². The van der Waals surface area contributed by atoms with E-state index in [1.54, 1.807) is 12.3 Å². The summed E-state index contributed by atoms with van der Waals surface area (Å²) >= 11 is 0. The van der Waals surface area contributed by atoms with Gasteiger partial charge in [0, 0.05) is 18.7 Å². The van der Waals surface area contributed by atoms with Crippen LogP contribution in [0.5, 0.6) is 5.75 Å². The number of rotatable bonds is 1. The lowest BCUT2D eigenvalue weighted by atomic mass is 10.1. The molecule has 0 atom stereocenters. The van der Waals surface area contributed by atoms with Gasteiger partial charge in [-0.05, 0) is 17.7 Å². The number of nitrogens with zero attached hydrogens (tertiary/aromatic N) is 1. The molecule has 1 heterocycles. The van der Waals surface area contributed by atoms with Gasteiger partial charge in [0.05, 0.1) is 6.54 Å². The third-order valence-electron chi connectivity index (χ3n) is 1.87. The first-order chi connectivity index (χ1) is 6.25. The largest absolute Gasteiger partial charge is 0.427 e. The van der Waals surface area contributed by atoms with Crippen molar-refractivity contribution in [3.05, 3.63) is 29.3 Å². The summed E-state index contributed by atoms with van der Waals surface area (Å²) in [5.41, 5.74) is 2.22. The molecule has 66 valence electrons. The quantitative estimate of drug-likeness (QED) is 0.479. The fourth-order valence-corrected chi connectivity index (χ4v) is 1.31. The van der Waals surface area contributed by atoms with Gasteiger partial charge in [-0.3, -0.25) is 9.79 Å². The Balaban J connectivity index is 2.30. The minimum absolute atomic E-state index is 0.296. The second-order valence-corrected chi connectivity index (χ2v) is 2.92. The molecule has 0 amide bonds. The molecule has 0 unspecified atom stereocenters. The number of benzene rings is 1. The van der Waals surface area contributed by atoms with Gasteiger partial charge in [-0.1, -0.05) is 6.07 Å². The van der Waals surface area contributed by atoms with Crippen LogP contribution < -0.4 is 4.74 Å². The first kappa shape index (κ1) is 7.98. The number of hydrogen-bond donors (Lipinski definition) is 0. The first-order valence-corrected chi connectivity index (χ1v) is 4.07. The molecule has 0 aliphatic carbocycles. The lowest BCUT2D eigenvalue weighted by molar-refractivity contribution is -0.131. The number of hydrogen-bond acceptors (Lipinski definition) is 3. The van der Waals surface area contributed by atoms with Gasteiger partial charge in [-0.15, -0.1) is 0 Å². The predicted octanol–water partition coefficient (Wildman–Crippen LogP) is 1.54. The van der Waals surface area contributed by atoms with Crippen molar-refractivity contribution in [3.63, 3.8) is 0 Å². The molecule has 13 heavy (non-hydrogen) atoms. The normalized spacial score (nSPS) is 12.7. The van der Waals surface area contributed by atoms with Crippen LogP contribution in [-0.2, 0) is 11.3 Å². The molecule has 0 saturated carbocycles. The number of carbonyl (C=O) groups is 1. The Kier molecular flexibility index (Phi) is 1.85. The summed E-state index contributed by atoms with van der Waals surface area (Å²) in [4.78, 5) is 14.8.